The van der Waals surface area contributed by atoms with Gasteiger partial charge in [0.1, 0.15) is 0 Å². The first kappa shape index (κ1) is 35.0. The number of amidine groups is 2. The summed E-state index contributed by atoms with van der Waals surface area (Å²) in [5.74, 6) is 1.16. The summed E-state index contributed by atoms with van der Waals surface area (Å²) in [4.78, 5) is 14.7. The van der Waals surface area contributed by atoms with E-state index >= 15 is 0 Å². The van der Waals surface area contributed by atoms with Crippen LogP contribution >= 0.6 is 0 Å². The molecule has 0 aromatic heterocycles. The largest absolute Gasteiger partial charge is 0.261 e. The Morgan fingerprint density at radius 1 is 0.536 bits per heavy atom. The van der Waals surface area contributed by atoms with Gasteiger partial charge in [0.15, 0.2) is 11.7 Å². The maximum absolute atomic E-state index is 5.24. The van der Waals surface area contributed by atoms with Crippen LogP contribution in [0.2, 0.25) is 0 Å². The van der Waals surface area contributed by atoms with E-state index in [9.17, 15) is 0 Å². The number of nitrogens with zero attached hydrogens (tertiary/aromatic N) is 3. The number of fused-ring (bicyclic) bond motifs is 5. The van der Waals surface area contributed by atoms with E-state index in [1.165, 1.54) is 71.6 Å². The van der Waals surface area contributed by atoms with E-state index in [0.717, 1.165) is 22.3 Å². The monoisotopic (exact) mass is 721 g/mol. The van der Waals surface area contributed by atoms with Crippen LogP contribution in [0, 0.1) is 13.8 Å². The fourth-order valence-corrected chi connectivity index (χ4v) is 8.71. The molecule has 0 fully saturated rings. The molecule has 0 aliphatic heterocycles. The normalized spacial score (nSPS) is 13.5. The Morgan fingerprint density at radius 2 is 1.25 bits per heavy atom. The zero-order valence-electron chi connectivity index (χ0n) is 32.3. The lowest BCUT2D eigenvalue weighted by Gasteiger charge is -2.21. The highest BCUT2D eigenvalue weighted by Crippen LogP contribution is 2.52. The molecule has 0 radical (unpaired) electrons. The van der Waals surface area contributed by atoms with Gasteiger partial charge in [-0.25, -0.2) is 9.98 Å². The number of hydrogen-bond acceptors (Lipinski definition) is 1. The fraction of sp³-hybridized carbons (Fsp3) is 0.113. The van der Waals surface area contributed by atoms with Gasteiger partial charge in [-0.15, -0.1) is 0 Å². The molecule has 3 heteroatoms. The van der Waals surface area contributed by atoms with Crippen molar-refractivity contribution in [3.8, 4) is 33.4 Å². The van der Waals surface area contributed by atoms with Gasteiger partial charge in [-0.2, -0.15) is 0 Å². The molecule has 0 amide bonds. The topological polar surface area (TPSA) is 37.1 Å². The van der Waals surface area contributed by atoms with Gasteiger partial charge in [-0.05, 0) is 115 Å². The molecule has 0 atom stereocenters. The Bertz CT molecular complexity index is 2890. The number of rotatable bonds is 6. The van der Waals surface area contributed by atoms with E-state index in [2.05, 4.69) is 173 Å². The summed E-state index contributed by atoms with van der Waals surface area (Å²) in [6, 6.07) is 58.5. The van der Waals surface area contributed by atoms with E-state index < -0.39 is 0 Å². The molecule has 0 N–H and O–H groups in total. The molecule has 3 nitrogen and oxygen atoms in total. The van der Waals surface area contributed by atoms with E-state index in [1.54, 1.807) is 0 Å². The molecule has 0 saturated heterocycles. The maximum atomic E-state index is 5.24. The minimum absolute atomic E-state index is 0.0418. The lowest BCUT2D eigenvalue weighted by atomic mass is 9.82. The Labute approximate surface area is 329 Å². The molecule has 56 heavy (non-hydrogen) atoms. The summed E-state index contributed by atoms with van der Waals surface area (Å²) in [5.41, 5.74) is 15.7. The first-order chi connectivity index (χ1) is 27.3. The van der Waals surface area contributed by atoms with Crippen molar-refractivity contribution in [2.45, 2.75) is 39.7 Å². The quantitative estimate of drug-likeness (QED) is 0.121. The van der Waals surface area contributed by atoms with E-state index in [4.69, 9.17) is 9.98 Å². The number of aryl methyl sites for hydroxylation is 2. The lowest BCUT2D eigenvalue weighted by molar-refractivity contribution is 0.660. The predicted molar refractivity (Wildman–Crippen MR) is 239 cm³/mol. The van der Waals surface area contributed by atoms with Gasteiger partial charge < -0.3 is 0 Å². The summed E-state index contributed by atoms with van der Waals surface area (Å²) in [7, 11) is 0. The molecule has 0 saturated carbocycles. The maximum Gasteiger partial charge on any atom is 0.161 e. The van der Waals surface area contributed by atoms with Gasteiger partial charge in [0.25, 0.3) is 0 Å². The molecule has 9 rings (SSSR count). The van der Waals surface area contributed by atoms with Gasteiger partial charge in [-0.1, -0.05) is 166 Å². The molecule has 0 heterocycles. The van der Waals surface area contributed by atoms with Crippen LogP contribution in [-0.4, -0.2) is 18.4 Å². The molecule has 0 unspecified atom stereocenters. The minimum atomic E-state index is -0.0418. The third-order valence-corrected chi connectivity index (χ3v) is 11.7. The standard InChI is InChI=1S/C53H43N3/c1-34-31-40(27-28-42(34)44-29-25-36-15-9-10-20-43(36)35(44)2)52(56-51(54-5)37-16-7-6-8-17-37)55-33-41-19-13-18-38-32-39(26-30-45(38)41)46-22-14-24-49-50(46)47-21-11-12-23-48(47)53(49,3)4/h6-32H,5,33H2,1-4H3. The first-order valence-corrected chi connectivity index (χ1v) is 19.3. The molecular weight excluding hydrogens is 679 g/mol. The van der Waals surface area contributed by atoms with E-state index in [0.29, 0.717) is 18.2 Å². The molecule has 1 aliphatic rings. The van der Waals surface area contributed by atoms with Crippen molar-refractivity contribution in [3.63, 3.8) is 0 Å². The summed E-state index contributed by atoms with van der Waals surface area (Å²) in [6.45, 7) is 13.4. The first-order valence-electron chi connectivity index (χ1n) is 19.3. The summed E-state index contributed by atoms with van der Waals surface area (Å²) in [5, 5.41) is 4.89. The average molecular weight is 722 g/mol. The van der Waals surface area contributed by atoms with E-state index in [-0.39, 0.29) is 5.41 Å². The summed E-state index contributed by atoms with van der Waals surface area (Å²) >= 11 is 0. The molecule has 0 bridgehead atoms. The van der Waals surface area contributed by atoms with E-state index in [1.807, 2.05) is 30.3 Å². The van der Waals surface area contributed by atoms with Crippen molar-refractivity contribution < 1.29 is 0 Å². The summed E-state index contributed by atoms with van der Waals surface area (Å²) < 4.78 is 0. The predicted octanol–water partition coefficient (Wildman–Crippen LogP) is 13.3. The van der Waals surface area contributed by atoms with Gasteiger partial charge in [0, 0.05) is 16.5 Å². The highest BCUT2D eigenvalue weighted by atomic mass is 15.0. The third-order valence-electron chi connectivity index (χ3n) is 11.7. The third kappa shape index (κ3) is 6.06. The van der Waals surface area contributed by atoms with Crippen molar-refractivity contribution >= 4 is 39.9 Å². The number of benzene rings is 8. The lowest BCUT2D eigenvalue weighted by Crippen LogP contribution is -2.14. The highest BCUT2D eigenvalue weighted by Gasteiger charge is 2.36. The Hall–Kier alpha value is -6.71. The molecule has 0 spiro atoms. The molecule has 270 valence electrons. The van der Waals surface area contributed by atoms with Gasteiger partial charge in [-0.3, -0.25) is 4.99 Å². The van der Waals surface area contributed by atoms with Crippen LogP contribution in [-0.2, 0) is 12.0 Å². The number of aliphatic imine (C=N–C) groups is 3. The SMILES string of the molecule is C=NC(=NC(=NCc1cccc2cc(-c3cccc4c3-c3ccccc3C4(C)C)ccc12)c1ccc(-c2ccc3ccccc3c2C)c(C)c1)c1ccccc1. The molecule has 1 aliphatic carbocycles. The van der Waals surface area contributed by atoms with Crippen LogP contribution < -0.4 is 0 Å². The van der Waals surface area contributed by atoms with Crippen LogP contribution in [0.1, 0.15) is 52.8 Å². The molecule has 8 aromatic rings. The van der Waals surface area contributed by atoms with Gasteiger partial charge in [0.2, 0.25) is 0 Å². The van der Waals surface area contributed by atoms with Gasteiger partial charge >= 0.3 is 0 Å². The summed E-state index contributed by atoms with van der Waals surface area (Å²) in [6.07, 6.45) is 0. The van der Waals surface area contributed by atoms with Crippen molar-refractivity contribution in [2.75, 3.05) is 0 Å². The zero-order valence-corrected chi connectivity index (χ0v) is 32.3. The van der Waals surface area contributed by atoms with Crippen LogP contribution in [0.15, 0.2) is 179 Å². The Balaban J connectivity index is 1.11. The second-order valence-corrected chi connectivity index (χ2v) is 15.3. The van der Waals surface area contributed by atoms with Crippen LogP contribution in [0.3, 0.4) is 0 Å². The Morgan fingerprint density at radius 3 is 2.09 bits per heavy atom. The van der Waals surface area contributed by atoms with Crippen LogP contribution in [0.25, 0.3) is 54.9 Å². The van der Waals surface area contributed by atoms with Crippen LogP contribution in [0.5, 0.6) is 0 Å². The Kier molecular flexibility index (Phi) is 8.86. The molecule has 8 aromatic carbocycles. The number of hydrogen-bond donors (Lipinski definition) is 0. The second-order valence-electron chi connectivity index (χ2n) is 15.3. The smallest absolute Gasteiger partial charge is 0.161 e. The van der Waals surface area contributed by atoms with Crippen molar-refractivity contribution in [3.05, 3.63) is 203 Å². The van der Waals surface area contributed by atoms with Crippen molar-refractivity contribution in [1.82, 2.24) is 0 Å². The van der Waals surface area contributed by atoms with Crippen molar-refractivity contribution in [1.29, 1.82) is 0 Å². The second kappa shape index (κ2) is 14.2. The highest BCUT2D eigenvalue weighted by molar-refractivity contribution is 6.13. The minimum Gasteiger partial charge on any atom is -0.261 e. The fourth-order valence-electron chi connectivity index (χ4n) is 8.71. The average Bonchev–Trinajstić information content (AvgIpc) is 3.47. The van der Waals surface area contributed by atoms with Crippen molar-refractivity contribution in [2.24, 2.45) is 15.0 Å². The van der Waals surface area contributed by atoms with Gasteiger partial charge in [0.05, 0.1) is 6.54 Å². The molecular formula is C53H43N3. The zero-order chi connectivity index (χ0) is 38.4. The van der Waals surface area contributed by atoms with Crippen LogP contribution in [0.4, 0.5) is 0 Å².